The van der Waals surface area contributed by atoms with E-state index >= 15 is 0 Å². The molecule has 10 N–H and O–H groups in total. The van der Waals surface area contributed by atoms with E-state index in [1.54, 1.807) is 37.8 Å². The molecule has 1 aromatic heterocycles. The highest BCUT2D eigenvalue weighted by Crippen LogP contribution is 2.23. The van der Waals surface area contributed by atoms with E-state index in [4.69, 9.17) is 18.9 Å². The molecule has 2 aromatic rings. The van der Waals surface area contributed by atoms with Gasteiger partial charge in [0.05, 0.1) is 89.5 Å². The predicted molar refractivity (Wildman–Crippen MR) is 347 cm³/mol. The number of aliphatic carboxylic acids is 4. The zero-order valence-electron chi connectivity index (χ0n) is 55.2. The van der Waals surface area contributed by atoms with E-state index in [1.807, 2.05) is 0 Å². The van der Waals surface area contributed by atoms with Gasteiger partial charge >= 0.3 is 23.9 Å². The van der Waals surface area contributed by atoms with Gasteiger partial charge in [0, 0.05) is 109 Å². The van der Waals surface area contributed by atoms with E-state index in [0.717, 1.165) is 38.5 Å². The summed E-state index contributed by atoms with van der Waals surface area (Å²) in [6.45, 7) is 4.35. The lowest BCUT2D eigenvalue weighted by Crippen LogP contribution is -2.51. The first-order chi connectivity index (χ1) is 46.2. The van der Waals surface area contributed by atoms with E-state index < -0.39 is 65.6 Å². The second-order valence-corrected chi connectivity index (χ2v) is 23.5. The molecule has 1 aromatic carbocycles. The van der Waals surface area contributed by atoms with Gasteiger partial charge in [-0.05, 0) is 76.0 Å². The zero-order chi connectivity index (χ0) is 69.9. The molecule has 3 atom stereocenters. The van der Waals surface area contributed by atoms with Crippen LogP contribution in [-0.2, 0) is 62.2 Å². The molecule has 534 valence electrons. The molecular formula is C64H99N13O19. The number of aromatic nitrogens is 1. The highest BCUT2D eigenvalue weighted by Gasteiger charge is 2.30. The summed E-state index contributed by atoms with van der Waals surface area (Å²) in [4.78, 5) is 151. The molecule has 3 unspecified atom stereocenters. The summed E-state index contributed by atoms with van der Waals surface area (Å²) in [5, 5.41) is 64.8. The van der Waals surface area contributed by atoms with Crippen molar-refractivity contribution in [2.24, 2.45) is 0 Å². The third-order valence-corrected chi connectivity index (χ3v) is 15.9. The number of ether oxygens (including phenoxy) is 4. The number of carbonyl (C=O) groups is 11. The number of hydrogen-bond donors (Lipinski definition) is 10. The van der Waals surface area contributed by atoms with Gasteiger partial charge in [0.25, 0.3) is 11.8 Å². The van der Waals surface area contributed by atoms with Gasteiger partial charge in [-0.25, -0.2) is 4.79 Å². The molecule has 2 aliphatic heterocycles. The highest BCUT2D eigenvalue weighted by molar-refractivity contribution is 6.07. The van der Waals surface area contributed by atoms with Crippen LogP contribution in [0.25, 0.3) is 10.9 Å². The fraction of sp³-hybridized carbons (Fsp3) is 0.672. The van der Waals surface area contributed by atoms with Crippen LogP contribution in [0, 0.1) is 11.3 Å². The van der Waals surface area contributed by atoms with Gasteiger partial charge in [-0.15, -0.1) is 0 Å². The quantitative estimate of drug-likeness (QED) is 0.0386. The monoisotopic (exact) mass is 1350 g/mol. The summed E-state index contributed by atoms with van der Waals surface area (Å²) in [5.41, 5.74) is 0.729. The Morgan fingerprint density at radius 2 is 1.12 bits per heavy atom. The molecule has 0 aliphatic carbocycles. The average molecular weight is 1350 g/mol. The Morgan fingerprint density at radius 1 is 0.573 bits per heavy atom. The van der Waals surface area contributed by atoms with Gasteiger partial charge < -0.3 is 76.2 Å². The smallest absolute Gasteiger partial charge is 0.326 e. The van der Waals surface area contributed by atoms with Crippen LogP contribution < -0.4 is 36.6 Å². The number of nitrogens with one attached hydrogen (secondary N) is 6. The average Bonchev–Trinajstić information content (AvgIpc) is 0.951. The van der Waals surface area contributed by atoms with E-state index in [9.17, 15) is 78.4 Å². The number of carboxylic acid groups (broad SMARTS) is 4. The van der Waals surface area contributed by atoms with Crippen LogP contribution in [0.3, 0.4) is 0 Å². The molecule has 0 radical (unpaired) electrons. The summed E-state index contributed by atoms with van der Waals surface area (Å²) in [7, 11) is 0. The second-order valence-electron chi connectivity index (χ2n) is 23.5. The number of amides is 7. The minimum absolute atomic E-state index is 0.0344. The first-order valence-electron chi connectivity index (χ1n) is 33.1. The molecule has 0 spiro atoms. The van der Waals surface area contributed by atoms with Crippen LogP contribution in [-0.4, -0.2) is 291 Å². The fourth-order valence-corrected chi connectivity index (χ4v) is 10.6. The number of fused-ring (bicyclic) bond motifs is 1. The van der Waals surface area contributed by atoms with Crippen molar-refractivity contribution in [1.29, 1.82) is 5.26 Å². The summed E-state index contributed by atoms with van der Waals surface area (Å²) in [6.07, 6.45) is 9.76. The maximum Gasteiger partial charge on any atom is 0.326 e. The number of likely N-dealkylation sites (tertiary alicyclic amines) is 1. The molecule has 2 aliphatic rings. The van der Waals surface area contributed by atoms with Gasteiger partial charge in [0.1, 0.15) is 23.9 Å². The van der Waals surface area contributed by atoms with Crippen molar-refractivity contribution in [3.05, 3.63) is 36.0 Å². The van der Waals surface area contributed by atoms with Crippen molar-refractivity contribution in [1.82, 2.24) is 61.4 Å². The Balaban J connectivity index is 1.17. The number of rotatable bonds is 46. The van der Waals surface area contributed by atoms with Gasteiger partial charge in [-0.2, -0.15) is 5.26 Å². The van der Waals surface area contributed by atoms with Crippen LogP contribution in [0.15, 0.2) is 30.5 Å². The molecule has 2 saturated heterocycles. The highest BCUT2D eigenvalue weighted by atomic mass is 16.5. The Bertz CT molecular complexity index is 2820. The van der Waals surface area contributed by atoms with E-state index in [2.05, 4.69) is 49.9 Å². The molecule has 32 heteroatoms. The van der Waals surface area contributed by atoms with Crippen LogP contribution in [0.1, 0.15) is 114 Å². The minimum Gasteiger partial charge on any atom is -0.484 e. The Kier molecular flexibility index (Phi) is 39.2. The molecule has 3 heterocycles. The minimum atomic E-state index is -1.28. The Labute approximate surface area is 559 Å². The van der Waals surface area contributed by atoms with Crippen molar-refractivity contribution in [3.63, 3.8) is 0 Å². The number of carbonyl (C=O) groups excluding carboxylic acids is 7. The normalized spacial score (nSPS) is 15.8. The van der Waals surface area contributed by atoms with E-state index in [0.29, 0.717) is 73.8 Å². The number of carboxylic acids is 4. The van der Waals surface area contributed by atoms with Crippen LogP contribution in [0.5, 0.6) is 5.75 Å². The number of pyridine rings is 1. The zero-order valence-corrected chi connectivity index (χ0v) is 55.2. The molecule has 7 amide bonds. The molecule has 0 bridgehead atoms. The summed E-state index contributed by atoms with van der Waals surface area (Å²) in [5.74, 6) is -7.08. The third kappa shape index (κ3) is 34.0. The fourth-order valence-electron chi connectivity index (χ4n) is 10.6. The van der Waals surface area contributed by atoms with Gasteiger partial charge in [0.2, 0.25) is 29.5 Å². The van der Waals surface area contributed by atoms with Crippen molar-refractivity contribution in [3.8, 4) is 11.8 Å². The lowest BCUT2D eigenvalue weighted by Gasteiger charge is -2.32. The predicted octanol–water partition coefficient (Wildman–Crippen LogP) is -0.123. The molecule has 0 saturated carbocycles. The van der Waals surface area contributed by atoms with E-state index in [-0.39, 0.29) is 181 Å². The van der Waals surface area contributed by atoms with Crippen LogP contribution in [0.2, 0.25) is 0 Å². The van der Waals surface area contributed by atoms with Crippen LogP contribution >= 0.6 is 0 Å². The van der Waals surface area contributed by atoms with E-state index in [1.165, 1.54) is 17.2 Å². The molecule has 96 heavy (non-hydrogen) atoms. The van der Waals surface area contributed by atoms with Crippen molar-refractivity contribution in [2.75, 3.05) is 158 Å². The van der Waals surface area contributed by atoms with Crippen LogP contribution in [0.4, 0.5) is 0 Å². The maximum absolute atomic E-state index is 13.7. The van der Waals surface area contributed by atoms with Crippen molar-refractivity contribution in [2.45, 2.75) is 121 Å². The molecular weight excluding hydrogens is 1250 g/mol. The second kappa shape index (κ2) is 46.8. The standard InChI is InChI=1S/C64H99N13O19/c1-2-3-4-5-6-15-54(78)67-20-10-8-14-52(64(91)92)72-63(90)51(13-7-9-21-68-56(80)42-73-25-27-74(43-59(83)84)29-31-76(45-61(87)88)32-30-75(28-26-73)44-60(85)86)71-55(79)19-33-93-35-37-95-38-36-94-34-23-69-57(81)46-96-48-16-17-49-50(18-22-66-53(49)39-48)62(89)70-41-58(82)77-24-11-12-47(77)40-65/h16-18,22,39,47,51-52H,2-15,19-21,23-38,41-46H2,1H3,(H,67,78)(H,68,80)(H,69,81)(H,70,89)(H,71,79)(H,72,90)(H,83,84)(H,85,86)(H,87,88)(H,91,92). The largest absolute Gasteiger partial charge is 0.484 e. The number of nitrogens with zero attached hydrogens (tertiary/aromatic N) is 7. The number of unbranched alkanes of at least 4 members (excludes halogenated alkanes) is 6. The number of hydrogen-bond acceptors (Lipinski definition) is 21. The Hall–Kier alpha value is -8.19. The summed E-state index contributed by atoms with van der Waals surface area (Å²) < 4.78 is 22.3. The third-order valence-electron chi connectivity index (χ3n) is 15.9. The number of nitriles is 1. The van der Waals surface area contributed by atoms with Crippen molar-refractivity contribution < 1.29 is 92.1 Å². The summed E-state index contributed by atoms with van der Waals surface area (Å²) in [6, 6.07) is 5.53. The molecule has 4 rings (SSSR count). The topological polar surface area (TPSA) is 431 Å². The first kappa shape index (κ1) is 80.2. The van der Waals surface area contributed by atoms with Gasteiger partial charge in [-0.1, -0.05) is 32.6 Å². The molecule has 32 nitrogen and oxygen atoms in total. The first-order valence-corrected chi connectivity index (χ1v) is 33.1. The SMILES string of the molecule is CCCCCCCC(=O)NCCCCC(NC(=O)C(CCCCNC(=O)CN1CCN(CC(=O)O)CCN(CC(=O)O)CCN(CC(=O)O)CC1)NC(=O)CCOCCOCCOCCNC(=O)COc1ccc2c(C(=O)NCC(=O)N3CCCC3C#N)ccnc2c1)C(=O)O. The number of benzene rings is 1. The molecule has 2 fully saturated rings. The van der Waals surface area contributed by atoms with Gasteiger partial charge in [-0.3, -0.25) is 72.5 Å². The maximum atomic E-state index is 13.7. The van der Waals surface area contributed by atoms with Crippen molar-refractivity contribution >= 4 is 76.1 Å². The lowest BCUT2D eigenvalue weighted by molar-refractivity contribution is -0.142. The van der Waals surface area contributed by atoms with Gasteiger partial charge in [0.15, 0.2) is 6.61 Å². The lowest BCUT2D eigenvalue weighted by atomic mass is 10.1. The summed E-state index contributed by atoms with van der Waals surface area (Å²) >= 11 is 0. The Morgan fingerprint density at radius 3 is 1.71 bits per heavy atom.